The van der Waals surface area contributed by atoms with Gasteiger partial charge in [0.15, 0.2) is 0 Å². The van der Waals surface area contributed by atoms with Crippen molar-refractivity contribution in [2.24, 2.45) is 11.8 Å². The first-order chi connectivity index (χ1) is 6.63. The molecular weight excluding hydrogens is 198 g/mol. The van der Waals surface area contributed by atoms with Crippen molar-refractivity contribution in [2.75, 3.05) is 18.8 Å². The fraction of sp³-hybridized carbons (Fsp3) is 0.900. The first-order valence-corrected chi connectivity index (χ1v) is 6.19. The number of aliphatic carboxylic acids is 1. The van der Waals surface area contributed by atoms with Crippen LogP contribution in [-0.2, 0) is 4.79 Å². The zero-order chi connectivity index (χ0) is 10.2. The molecule has 2 heterocycles. The molecule has 0 aromatic heterocycles. The Kier molecular flexibility index (Phi) is 2.75. The van der Waals surface area contributed by atoms with Gasteiger partial charge in [-0.2, -0.15) is 11.8 Å². The summed E-state index contributed by atoms with van der Waals surface area (Å²) in [5, 5.41) is 12.3. The molecule has 0 aromatic rings. The number of hydrogen-bond donors (Lipinski definition) is 2. The molecule has 0 bridgehead atoms. The molecule has 3 unspecified atom stereocenters. The molecule has 3 nitrogen and oxygen atoms in total. The summed E-state index contributed by atoms with van der Waals surface area (Å²) in [6, 6.07) is 0. The van der Waals surface area contributed by atoms with Gasteiger partial charge in [0.2, 0.25) is 0 Å². The standard InChI is InChI=1S/C10H17NO2S/c1-10(3-2-4-14-10)8-6-11-5-7(8)9(12)13/h7-8,11H,2-6H2,1H3,(H,12,13). The predicted molar refractivity (Wildman–Crippen MR) is 57.6 cm³/mol. The molecule has 2 aliphatic rings. The van der Waals surface area contributed by atoms with Crippen LogP contribution < -0.4 is 5.32 Å². The highest BCUT2D eigenvalue weighted by Gasteiger charge is 2.46. The van der Waals surface area contributed by atoms with Crippen molar-refractivity contribution in [1.29, 1.82) is 0 Å². The highest BCUT2D eigenvalue weighted by Crippen LogP contribution is 2.47. The molecule has 2 aliphatic heterocycles. The zero-order valence-corrected chi connectivity index (χ0v) is 9.27. The van der Waals surface area contributed by atoms with Gasteiger partial charge in [-0.1, -0.05) is 6.92 Å². The van der Waals surface area contributed by atoms with Crippen molar-refractivity contribution in [3.8, 4) is 0 Å². The van der Waals surface area contributed by atoms with E-state index in [2.05, 4.69) is 12.2 Å². The van der Waals surface area contributed by atoms with Gasteiger partial charge >= 0.3 is 5.97 Å². The fourth-order valence-corrected chi connectivity index (χ4v) is 4.18. The molecule has 0 aromatic carbocycles. The Balaban J connectivity index is 2.12. The molecule has 4 heteroatoms. The van der Waals surface area contributed by atoms with Crippen LogP contribution in [0, 0.1) is 11.8 Å². The van der Waals surface area contributed by atoms with Crippen molar-refractivity contribution in [3.05, 3.63) is 0 Å². The lowest BCUT2D eigenvalue weighted by atomic mass is 9.82. The van der Waals surface area contributed by atoms with E-state index in [4.69, 9.17) is 5.11 Å². The van der Waals surface area contributed by atoms with Gasteiger partial charge in [0.05, 0.1) is 5.92 Å². The maximum atomic E-state index is 11.1. The van der Waals surface area contributed by atoms with Crippen LogP contribution in [0.1, 0.15) is 19.8 Å². The monoisotopic (exact) mass is 215 g/mol. The van der Waals surface area contributed by atoms with E-state index in [-0.39, 0.29) is 10.7 Å². The maximum absolute atomic E-state index is 11.1. The fourth-order valence-electron chi connectivity index (χ4n) is 2.67. The second kappa shape index (κ2) is 3.74. The van der Waals surface area contributed by atoms with Gasteiger partial charge < -0.3 is 10.4 Å². The van der Waals surface area contributed by atoms with Gasteiger partial charge in [0.25, 0.3) is 0 Å². The van der Waals surface area contributed by atoms with Crippen LogP contribution in [0.5, 0.6) is 0 Å². The van der Waals surface area contributed by atoms with Crippen molar-refractivity contribution in [1.82, 2.24) is 5.32 Å². The van der Waals surface area contributed by atoms with Crippen molar-refractivity contribution in [3.63, 3.8) is 0 Å². The molecule has 0 amide bonds. The first-order valence-electron chi connectivity index (χ1n) is 5.21. The third kappa shape index (κ3) is 1.65. The van der Waals surface area contributed by atoms with Gasteiger partial charge in [0, 0.05) is 23.8 Å². The molecule has 0 aliphatic carbocycles. The predicted octanol–water partition coefficient (Wildman–Crippen LogP) is 1.19. The quantitative estimate of drug-likeness (QED) is 0.726. The van der Waals surface area contributed by atoms with E-state index >= 15 is 0 Å². The smallest absolute Gasteiger partial charge is 0.308 e. The molecule has 2 rings (SSSR count). The number of hydrogen-bond acceptors (Lipinski definition) is 3. The van der Waals surface area contributed by atoms with Crippen molar-refractivity contribution < 1.29 is 9.90 Å². The molecule has 2 saturated heterocycles. The number of carbonyl (C=O) groups is 1. The average molecular weight is 215 g/mol. The Morgan fingerprint density at radius 2 is 2.36 bits per heavy atom. The molecule has 0 radical (unpaired) electrons. The third-order valence-corrected chi connectivity index (χ3v) is 5.22. The molecule has 80 valence electrons. The van der Waals surface area contributed by atoms with Crippen molar-refractivity contribution >= 4 is 17.7 Å². The third-order valence-electron chi connectivity index (χ3n) is 3.57. The second-order valence-corrected chi connectivity index (χ2v) is 6.10. The van der Waals surface area contributed by atoms with Gasteiger partial charge in [0.1, 0.15) is 0 Å². The largest absolute Gasteiger partial charge is 0.481 e. The normalized spacial score (nSPS) is 42.9. The Morgan fingerprint density at radius 3 is 2.93 bits per heavy atom. The Bertz CT molecular complexity index is 238. The minimum Gasteiger partial charge on any atom is -0.481 e. The highest BCUT2D eigenvalue weighted by atomic mass is 32.2. The second-order valence-electron chi connectivity index (χ2n) is 4.47. The van der Waals surface area contributed by atoms with Gasteiger partial charge in [-0.05, 0) is 18.6 Å². The van der Waals surface area contributed by atoms with Crippen LogP contribution in [0.4, 0.5) is 0 Å². The van der Waals surface area contributed by atoms with Gasteiger partial charge in [-0.3, -0.25) is 4.79 Å². The van der Waals surface area contributed by atoms with E-state index in [0.29, 0.717) is 12.5 Å². The summed E-state index contributed by atoms with van der Waals surface area (Å²) in [7, 11) is 0. The van der Waals surface area contributed by atoms with Crippen LogP contribution in [0.3, 0.4) is 0 Å². The van der Waals surface area contributed by atoms with Crippen LogP contribution >= 0.6 is 11.8 Å². The average Bonchev–Trinajstić information content (AvgIpc) is 2.71. The summed E-state index contributed by atoms with van der Waals surface area (Å²) >= 11 is 1.96. The number of thioether (sulfide) groups is 1. The van der Waals surface area contributed by atoms with Crippen LogP contribution in [0.2, 0.25) is 0 Å². The highest BCUT2D eigenvalue weighted by molar-refractivity contribution is 8.00. The minimum atomic E-state index is -0.631. The molecule has 2 N–H and O–H groups in total. The van der Waals surface area contributed by atoms with E-state index in [1.165, 1.54) is 18.6 Å². The molecule has 3 atom stereocenters. The van der Waals surface area contributed by atoms with Crippen molar-refractivity contribution in [2.45, 2.75) is 24.5 Å². The Labute approximate surface area is 88.6 Å². The van der Waals surface area contributed by atoms with E-state index in [9.17, 15) is 4.79 Å². The summed E-state index contributed by atoms with van der Waals surface area (Å²) < 4.78 is 0.201. The van der Waals surface area contributed by atoms with Crippen LogP contribution in [0.25, 0.3) is 0 Å². The summed E-state index contributed by atoms with van der Waals surface area (Å²) in [4.78, 5) is 11.1. The lowest BCUT2D eigenvalue weighted by molar-refractivity contribution is -0.142. The molecule has 0 saturated carbocycles. The van der Waals surface area contributed by atoms with Crippen LogP contribution in [0.15, 0.2) is 0 Å². The first kappa shape index (κ1) is 10.3. The van der Waals surface area contributed by atoms with E-state index in [1.807, 2.05) is 11.8 Å². The van der Waals surface area contributed by atoms with Crippen LogP contribution in [-0.4, -0.2) is 34.7 Å². The Morgan fingerprint density at radius 1 is 1.57 bits per heavy atom. The maximum Gasteiger partial charge on any atom is 0.308 e. The number of rotatable bonds is 2. The molecule has 2 fully saturated rings. The topological polar surface area (TPSA) is 49.3 Å². The van der Waals surface area contributed by atoms with Gasteiger partial charge in [-0.25, -0.2) is 0 Å². The number of nitrogens with one attached hydrogen (secondary N) is 1. The van der Waals surface area contributed by atoms with E-state index in [0.717, 1.165) is 6.54 Å². The summed E-state index contributed by atoms with van der Waals surface area (Å²) in [6.45, 7) is 3.76. The minimum absolute atomic E-state index is 0.175. The molecular formula is C10H17NO2S. The zero-order valence-electron chi connectivity index (χ0n) is 8.45. The lowest BCUT2D eigenvalue weighted by Gasteiger charge is -2.32. The Hall–Kier alpha value is -0.220. The summed E-state index contributed by atoms with van der Waals surface area (Å²) in [5.74, 6) is 0.700. The molecule has 14 heavy (non-hydrogen) atoms. The summed E-state index contributed by atoms with van der Waals surface area (Å²) in [6.07, 6.45) is 2.41. The number of carboxylic acids is 1. The lowest BCUT2D eigenvalue weighted by Crippen LogP contribution is -2.37. The SMILES string of the molecule is CC1(C2CNCC2C(=O)O)CCCS1. The molecule has 0 spiro atoms. The van der Waals surface area contributed by atoms with E-state index in [1.54, 1.807) is 0 Å². The number of carboxylic acid groups (broad SMARTS) is 1. The van der Waals surface area contributed by atoms with E-state index < -0.39 is 5.97 Å². The van der Waals surface area contributed by atoms with Gasteiger partial charge in [-0.15, -0.1) is 0 Å². The summed E-state index contributed by atoms with van der Waals surface area (Å²) in [5.41, 5.74) is 0.